The molecular weight excluding hydrogens is 254 g/mol. The van der Waals surface area contributed by atoms with Crippen molar-refractivity contribution in [3.63, 3.8) is 0 Å². The summed E-state index contributed by atoms with van der Waals surface area (Å²) in [6, 6.07) is 7.84. The molecule has 0 bridgehead atoms. The molecule has 5 heteroatoms. The maximum atomic E-state index is 12.0. The normalized spacial score (nSPS) is 14.7. The Bertz CT molecular complexity index is 516. The standard InChI is InChI=1S/C15H19N3O2/c1-12-2-3-14(13(10-12)11-16)17-5-4-15(19)18-6-8-20-9-7-18/h2-3,10,17H,4-9H2,1H3. The molecule has 0 aromatic heterocycles. The minimum Gasteiger partial charge on any atom is -0.383 e. The van der Waals surface area contributed by atoms with Crippen LogP contribution < -0.4 is 5.32 Å². The van der Waals surface area contributed by atoms with E-state index in [1.54, 1.807) is 0 Å². The lowest BCUT2D eigenvalue weighted by atomic mass is 10.1. The molecule has 0 unspecified atom stereocenters. The Morgan fingerprint density at radius 3 is 2.90 bits per heavy atom. The number of ether oxygens (including phenoxy) is 1. The summed E-state index contributed by atoms with van der Waals surface area (Å²) < 4.78 is 5.22. The molecule has 1 aliphatic rings. The van der Waals surface area contributed by atoms with Crippen molar-refractivity contribution in [2.45, 2.75) is 13.3 Å². The highest BCUT2D eigenvalue weighted by Gasteiger charge is 2.16. The molecule has 106 valence electrons. The molecule has 1 aliphatic heterocycles. The quantitative estimate of drug-likeness (QED) is 0.903. The Hall–Kier alpha value is -2.06. The van der Waals surface area contributed by atoms with Crippen LogP contribution >= 0.6 is 0 Å². The number of nitrogens with zero attached hydrogens (tertiary/aromatic N) is 2. The average molecular weight is 273 g/mol. The van der Waals surface area contributed by atoms with Gasteiger partial charge in [0.2, 0.25) is 5.91 Å². The number of rotatable bonds is 4. The minimum atomic E-state index is 0.131. The second-order valence-electron chi connectivity index (χ2n) is 4.83. The number of morpholine rings is 1. The van der Waals surface area contributed by atoms with E-state index >= 15 is 0 Å². The van der Waals surface area contributed by atoms with Gasteiger partial charge in [-0.2, -0.15) is 5.26 Å². The number of hydrogen-bond acceptors (Lipinski definition) is 4. The lowest BCUT2D eigenvalue weighted by Crippen LogP contribution is -2.41. The fourth-order valence-corrected chi connectivity index (χ4v) is 2.18. The molecule has 1 fully saturated rings. The number of benzene rings is 1. The number of nitriles is 1. The van der Waals surface area contributed by atoms with Gasteiger partial charge in [0.15, 0.2) is 0 Å². The predicted octanol–water partition coefficient (Wildman–Crippen LogP) is 1.53. The Kier molecular flexibility index (Phi) is 4.97. The van der Waals surface area contributed by atoms with Crippen molar-refractivity contribution in [2.24, 2.45) is 0 Å². The first-order chi connectivity index (χ1) is 9.70. The Morgan fingerprint density at radius 1 is 1.45 bits per heavy atom. The fourth-order valence-electron chi connectivity index (χ4n) is 2.18. The van der Waals surface area contributed by atoms with Crippen LogP contribution in [0.2, 0.25) is 0 Å². The monoisotopic (exact) mass is 273 g/mol. The van der Waals surface area contributed by atoms with Gasteiger partial charge in [0.05, 0.1) is 24.5 Å². The van der Waals surface area contributed by atoms with Gasteiger partial charge in [0.1, 0.15) is 6.07 Å². The van der Waals surface area contributed by atoms with Crippen molar-refractivity contribution in [2.75, 3.05) is 38.2 Å². The number of aryl methyl sites for hydroxylation is 1. The first-order valence-corrected chi connectivity index (χ1v) is 6.81. The summed E-state index contributed by atoms with van der Waals surface area (Å²) in [5.41, 5.74) is 2.45. The zero-order chi connectivity index (χ0) is 14.4. The second kappa shape index (κ2) is 6.92. The van der Waals surface area contributed by atoms with Gasteiger partial charge in [-0.1, -0.05) is 6.07 Å². The van der Waals surface area contributed by atoms with E-state index in [0.717, 1.165) is 11.3 Å². The van der Waals surface area contributed by atoms with E-state index in [1.165, 1.54) is 0 Å². The van der Waals surface area contributed by atoms with E-state index in [1.807, 2.05) is 30.0 Å². The molecule has 1 heterocycles. The molecule has 1 aromatic rings. The summed E-state index contributed by atoms with van der Waals surface area (Å²) in [5.74, 6) is 0.131. The van der Waals surface area contributed by atoms with Crippen LogP contribution in [0.5, 0.6) is 0 Å². The Balaban J connectivity index is 1.83. The van der Waals surface area contributed by atoms with Gasteiger partial charge in [0, 0.05) is 26.1 Å². The summed E-state index contributed by atoms with van der Waals surface area (Å²) in [6.45, 7) is 5.07. The largest absolute Gasteiger partial charge is 0.383 e. The maximum Gasteiger partial charge on any atom is 0.224 e. The van der Waals surface area contributed by atoms with Crippen molar-refractivity contribution in [3.05, 3.63) is 29.3 Å². The molecule has 2 rings (SSSR count). The number of carbonyl (C=O) groups excluding carboxylic acids is 1. The van der Waals surface area contributed by atoms with Gasteiger partial charge in [-0.3, -0.25) is 4.79 Å². The summed E-state index contributed by atoms with van der Waals surface area (Å²) in [5, 5.41) is 12.2. The van der Waals surface area contributed by atoms with Crippen LogP contribution in [-0.2, 0) is 9.53 Å². The summed E-state index contributed by atoms with van der Waals surface area (Å²) >= 11 is 0. The van der Waals surface area contributed by atoms with Crippen LogP contribution in [0.3, 0.4) is 0 Å². The zero-order valence-corrected chi connectivity index (χ0v) is 11.7. The van der Waals surface area contributed by atoms with Crippen molar-refractivity contribution in [1.82, 2.24) is 4.90 Å². The van der Waals surface area contributed by atoms with Crippen molar-refractivity contribution < 1.29 is 9.53 Å². The fraction of sp³-hybridized carbons (Fsp3) is 0.467. The van der Waals surface area contributed by atoms with Crippen LogP contribution in [0.1, 0.15) is 17.5 Å². The molecular formula is C15H19N3O2. The number of carbonyl (C=O) groups is 1. The first kappa shape index (κ1) is 14.4. The molecule has 0 spiro atoms. The van der Waals surface area contributed by atoms with Gasteiger partial charge >= 0.3 is 0 Å². The Labute approximate surface area is 119 Å². The first-order valence-electron chi connectivity index (χ1n) is 6.81. The van der Waals surface area contributed by atoms with Gasteiger partial charge in [-0.15, -0.1) is 0 Å². The van der Waals surface area contributed by atoms with Gasteiger partial charge < -0.3 is 15.0 Å². The lowest BCUT2D eigenvalue weighted by Gasteiger charge is -2.27. The van der Waals surface area contributed by atoms with E-state index in [9.17, 15) is 4.79 Å². The van der Waals surface area contributed by atoms with E-state index in [4.69, 9.17) is 10.00 Å². The van der Waals surface area contributed by atoms with Crippen LogP contribution in [-0.4, -0.2) is 43.7 Å². The third-order valence-electron chi connectivity index (χ3n) is 3.31. The maximum absolute atomic E-state index is 12.0. The molecule has 1 saturated heterocycles. The van der Waals surface area contributed by atoms with Crippen LogP contribution in [0, 0.1) is 18.3 Å². The van der Waals surface area contributed by atoms with Crippen molar-refractivity contribution in [1.29, 1.82) is 5.26 Å². The number of anilines is 1. The van der Waals surface area contributed by atoms with Crippen LogP contribution in [0.25, 0.3) is 0 Å². The topological polar surface area (TPSA) is 65.4 Å². The van der Waals surface area contributed by atoms with E-state index in [-0.39, 0.29) is 5.91 Å². The summed E-state index contributed by atoms with van der Waals surface area (Å²) in [7, 11) is 0. The Morgan fingerprint density at radius 2 is 2.20 bits per heavy atom. The highest BCUT2D eigenvalue weighted by Crippen LogP contribution is 2.16. The SMILES string of the molecule is Cc1ccc(NCCC(=O)N2CCOCC2)c(C#N)c1. The molecule has 1 N–H and O–H groups in total. The van der Waals surface area contributed by atoms with Crippen molar-refractivity contribution >= 4 is 11.6 Å². The third kappa shape index (κ3) is 3.72. The van der Waals surface area contributed by atoms with Gasteiger partial charge in [0.25, 0.3) is 0 Å². The van der Waals surface area contributed by atoms with Gasteiger partial charge in [-0.05, 0) is 24.6 Å². The molecule has 5 nitrogen and oxygen atoms in total. The van der Waals surface area contributed by atoms with E-state index in [2.05, 4.69) is 11.4 Å². The zero-order valence-electron chi connectivity index (χ0n) is 11.7. The molecule has 0 atom stereocenters. The molecule has 0 aliphatic carbocycles. The lowest BCUT2D eigenvalue weighted by molar-refractivity contribution is -0.134. The van der Waals surface area contributed by atoms with Crippen molar-refractivity contribution in [3.8, 4) is 6.07 Å². The van der Waals surface area contributed by atoms with Crippen LogP contribution in [0.4, 0.5) is 5.69 Å². The minimum absolute atomic E-state index is 0.131. The molecule has 1 aromatic carbocycles. The molecule has 0 saturated carbocycles. The summed E-state index contributed by atoms with van der Waals surface area (Å²) in [4.78, 5) is 13.8. The number of amides is 1. The van der Waals surface area contributed by atoms with Crippen LogP contribution in [0.15, 0.2) is 18.2 Å². The molecule has 1 amide bonds. The van der Waals surface area contributed by atoms with E-state index < -0.39 is 0 Å². The van der Waals surface area contributed by atoms with E-state index in [0.29, 0.717) is 44.8 Å². The number of nitrogens with one attached hydrogen (secondary N) is 1. The summed E-state index contributed by atoms with van der Waals surface area (Å²) in [6.07, 6.45) is 0.429. The molecule has 0 radical (unpaired) electrons. The third-order valence-corrected chi connectivity index (χ3v) is 3.31. The highest BCUT2D eigenvalue weighted by atomic mass is 16.5. The predicted molar refractivity (Wildman–Crippen MR) is 76.4 cm³/mol. The molecule has 20 heavy (non-hydrogen) atoms. The van der Waals surface area contributed by atoms with Gasteiger partial charge in [-0.25, -0.2) is 0 Å². The highest BCUT2D eigenvalue weighted by molar-refractivity contribution is 5.77. The second-order valence-corrected chi connectivity index (χ2v) is 4.83. The number of hydrogen-bond donors (Lipinski definition) is 1. The average Bonchev–Trinajstić information content (AvgIpc) is 2.49. The smallest absolute Gasteiger partial charge is 0.224 e.